The summed E-state index contributed by atoms with van der Waals surface area (Å²) in [6.07, 6.45) is 4.25. The summed E-state index contributed by atoms with van der Waals surface area (Å²) >= 11 is 0. The lowest BCUT2D eigenvalue weighted by atomic mass is 9.86. The Hall–Kier alpha value is -5.31. The smallest absolute Gasteiger partial charge is 0.245 e. The number of nitrogens with zero attached hydrogens (tertiary/aromatic N) is 9. The topological polar surface area (TPSA) is 62.0 Å². The molecule has 94 heavy (non-hydrogen) atoms. The Morgan fingerprint density at radius 2 is 0.553 bits per heavy atom. The van der Waals surface area contributed by atoms with Gasteiger partial charge in [0.2, 0.25) is 11.4 Å². The van der Waals surface area contributed by atoms with Crippen LogP contribution in [0, 0.1) is 69.2 Å². The second-order valence-electron chi connectivity index (χ2n) is 32.1. The highest BCUT2D eigenvalue weighted by Crippen LogP contribution is 2.33. The molecule has 0 fully saturated rings. The summed E-state index contributed by atoms with van der Waals surface area (Å²) in [6.45, 7) is 85.1. The molecule has 0 radical (unpaired) electrons. The quantitative estimate of drug-likeness (QED) is 0.102. The molecule has 0 aliphatic carbocycles. The van der Waals surface area contributed by atoms with Crippen molar-refractivity contribution in [2.75, 3.05) is 0 Å². The van der Waals surface area contributed by atoms with Crippen LogP contribution in [0.2, 0.25) is 0 Å². The van der Waals surface area contributed by atoms with Gasteiger partial charge >= 0.3 is 11.6 Å². The maximum Gasteiger partial charge on any atom is 0.301 e. The fraction of sp³-hybridized carbons (Fsp3) is 0.682. The molecule has 0 amide bonds. The first kappa shape index (κ1) is 86.7. The van der Waals surface area contributed by atoms with Crippen LogP contribution in [0.1, 0.15) is 412 Å². The molecule has 528 valence electrons. The van der Waals surface area contributed by atoms with E-state index in [2.05, 4.69) is 355 Å². The van der Waals surface area contributed by atoms with E-state index in [1.807, 2.05) is 6.20 Å². The average Bonchev–Trinajstić information content (AvgIpc) is 0.793. The highest BCUT2D eigenvalue weighted by molar-refractivity contribution is 5.40. The number of rotatable bonds is 14. The van der Waals surface area contributed by atoms with E-state index in [9.17, 15) is 0 Å². The van der Waals surface area contributed by atoms with E-state index in [0.717, 1.165) is 11.4 Å². The lowest BCUT2D eigenvalue weighted by molar-refractivity contribution is -0.692. The summed E-state index contributed by atoms with van der Waals surface area (Å²) in [6, 6.07) is 2.32. The molecule has 0 aliphatic rings. The molecule has 9 heteroatoms. The molecule has 6 aromatic heterocycles. The first-order chi connectivity index (χ1) is 43.0. The van der Waals surface area contributed by atoms with Gasteiger partial charge < -0.3 is 0 Å². The molecule has 0 bridgehead atoms. The Bertz CT molecular complexity index is 3040. The van der Waals surface area contributed by atoms with E-state index in [0.29, 0.717) is 82.9 Å². The molecule has 0 saturated carbocycles. The second kappa shape index (κ2) is 37.4. The van der Waals surface area contributed by atoms with Crippen molar-refractivity contribution in [2.45, 2.75) is 346 Å². The number of pyridine rings is 3. The third-order valence-corrected chi connectivity index (χ3v) is 18.9. The summed E-state index contributed by atoms with van der Waals surface area (Å²) in [5.41, 5.74) is 30.9. The zero-order valence-electron chi connectivity index (χ0n) is 69.8. The predicted octanol–water partition coefficient (Wildman–Crippen LogP) is 20.1. The van der Waals surface area contributed by atoms with E-state index >= 15 is 0 Å². The molecule has 0 spiro atoms. The van der Waals surface area contributed by atoms with Gasteiger partial charge in [-0.05, 0) is 98.3 Å². The second-order valence-corrected chi connectivity index (χ2v) is 32.1. The summed E-state index contributed by atoms with van der Waals surface area (Å²) in [7, 11) is 13.0. The van der Waals surface area contributed by atoms with Gasteiger partial charge in [-0.15, -0.1) is 0 Å². The van der Waals surface area contributed by atoms with E-state index in [4.69, 9.17) is 4.98 Å². The molecular formula is C85H149N9+6. The normalized spacial score (nSPS) is 11.7. The molecule has 0 aromatic carbocycles. The maximum atomic E-state index is 4.88. The zero-order valence-corrected chi connectivity index (χ0v) is 69.8. The number of hydrogen-bond donors (Lipinski definition) is 0. The largest absolute Gasteiger partial charge is 0.301 e. The van der Waals surface area contributed by atoms with E-state index in [1.54, 1.807) is 5.56 Å². The summed E-state index contributed by atoms with van der Waals surface area (Å²) in [4.78, 5) is 14.0. The van der Waals surface area contributed by atoms with Crippen LogP contribution >= 0.6 is 0 Å². The van der Waals surface area contributed by atoms with Crippen LogP contribution in [-0.4, -0.2) is 15.0 Å². The highest BCUT2D eigenvalue weighted by Gasteiger charge is 2.31. The van der Waals surface area contributed by atoms with Crippen LogP contribution < -0.4 is 27.4 Å². The van der Waals surface area contributed by atoms with Gasteiger partial charge in [-0.3, -0.25) is 0 Å². The molecule has 0 unspecified atom stereocenters. The van der Waals surface area contributed by atoms with Gasteiger partial charge in [-0.25, -0.2) is 27.8 Å². The van der Waals surface area contributed by atoms with Crippen LogP contribution in [0.4, 0.5) is 0 Å². The van der Waals surface area contributed by atoms with Crippen molar-refractivity contribution in [2.24, 2.45) is 42.3 Å². The van der Waals surface area contributed by atoms with Crippen molar-refractivity contribution in [1.82, 2.24) is 15.0 Å². The standard InChI is InChI=1S/C17H30N.C15H27N2.2C14H24N.C13H23N2.C12H21N2/c1-10(2)15-13(7)16(11(3)4)18(9)17(12(5)6)14(15)8;1-9(2)13-12(7)14(10(3)4)17(8)15(16-13)11(5)6;1-9(2)13-11(5)8-15(7)14(10(3)4)12(13)6;1-9(2)13-11(5)8-12(6)14(10(3)4)15(13)7;1-8(2)12-10(5)14-11(6)13(9(3)4)15(12)7;1-8(2)11-10(5)7-13-12(9(3)4)14(11)6/h10-12H,1-9H3;9-11H,1-8H3;2*8-10H,1-7H3;8-9H,1-7H3;7-9H,1-6H3/q6*+1. The van der Waals surface area contributed by atoms with Gasteiger partial charge in [0.25, 0.3) is 0 Å². The van der Waals surface area contributed by atoms with Gasteiger partial charge in [-0.1, -0.05) is 204 Å². The third kappa shape index (κ3) is 21.6. The highest BCUT2D eigenvalue weighted by atomic mass is 15.1. The Labute approximate surface area is 581 Å². The zero-order chi connectivity index (χ0) is 73.6. The van der Waals surface area contributed by atoms with E-state index in [1.165, 1.54) is 119 Å². The van der Waals surface area contributed by atoms with Crippen LogP contribution in [0.25, 0.3) is 0 Å². The fourth-order valence-electron chi connectivity index (χ4n) is 16.7. The van der Waals surface area contributed by atoms with Crippen molar-refractivity contribution in [3.05, 3.63) is 154 Å². The molecular weight excluding hydrogens is 1150 g/mol. The number of aromatic nitrogens is 9. The van der Waals surface area contributed by atoms with E-state index < -0.39 is 0 Å². The Balaban J connectivity index is 0.000000565. The molecule has 0 saturated heterocycles. The summed E-state index contributed by atoms with van der Waals surface area (Å²) in [5.74, 6) is 10.1. The van der Waals surface area contributed by atoms with Crippen molar-refractivity contribution >= 4 is 0 Å². The van der Waals surface area contributed by atoms with Crippen molar-refractivity contribution in [1.29, 1.82) is 0 Å². The van der Waals surface area contributed by atoms with Crippen LogP contribution in [0.15, 0.2) is 18.5 Å². The monoisotopic (exact) mass is 1300 g/mol. The number of aryl methyl sites for hydroxylation is 7. The van der Waals surface area contributed by atoms with Gasteiger partial charge in [0, 0.05) is 104 Å². The molecule has 6 aromatic rings. The van der Waals surface area contributed by atoms with Crippen molar-refractivity contribution in [3.63, 3.8) is 0 Å². The Kier molecular flexibility index (Phi) is 34.5. The van der Waals surface area contributed by atoms with Gasteiger partial charge in [0.05, 0.1) is 25.9 Å². The molecule has 9 nitrogen and oxygen atoms in total. The lowest BCUT2D eigenvalue weighted by Crippen LogP contribution is -2.42. The maximum absolute atomic E-state index is 4.88. The predicted molar refractivity (Wildman–Crippen MR) is 404 cm³/mol. The Morgan fingerprint density at radius 3 is 0.872 bits per heavy atom. The van der Waals surface area contributed by atoms with Crippen LogP contribution in [0.3, 0.4) is 0 Å². The molecule has 0 N–H and O–H groups in total. The fourth-order valence-corrected chi connectivity index (χ4v) is 16.7. The van der Waals surface area contributed by atoms with E-state index in [-0.39, 0.29) is 0 Å². The minimum absolute atomic E-state index is 0.468. The van der Waals surface area contributed by atoms with Gasteiger partial charge in [0.1, 0.15) is 57.2 Å². The van der Waals surface area contributed by atoms with Crippen LogP contribution in [0.5, 0.6) is 0 Å². The minimum atomic E-state index is 0.468. The first-order valence-electron chi connectivity index (χ1n) is 36.6. The SMILES string of the molecule is Cc1c(C(C)C)c(C)c(C(C)C)[n+](C)c1C(C)C.Cc1c(C(C)C)nc(C(C)C)[n+](C)c1C(C)C.Cc1c[n+](C)c(C(C)C)c(C)c1C(C)C.Cc1cc(C)c(C(C)C)[n+](C)c1C(C)C.Cc1cnc(C(C)C)[n+](C)c1C(C)C.Cc1nc(C)c(C(C)C)[n+](C)c1C(C)C. The van der Waals surface area contributed by atoms with Gasteiger partial charge in [0.15, 0.2) is 40.4 Å². The van der Waals surface area contributed by atoms with Crippen molar-refractivity contribution < 1.29 is 27.4 Å². The van der Waals surface area contributed by atoms with Crippen LogP contribution in [-0.2, 0) is 42.3 Å². The Morgan fingerprint density at radius 1 is 0.255 bits per heavy atom. The molecule has 0 atom stereocenters. The van der Waals surface area contributed by atoms with Crippen molar-refractivity contribution in [3.8, 4) is 0 Å². The first-order valence-corrected chi connectivity index (χ1v) is 36.6. The third-order valence-electron chi connectivity index (χ3n) is 18.9. The van der Waals surface area contributed by atoms with Gasteiger partial charge in [-0.2, -0.15) is 4.57 Å². The molecule has 6 heterocycles. The minimum Gasteiger partial charge on any atom is -0.245 e. The molecule has 6 rings (SSSR count). The molecule has 0 aliphatic heterocycles. The average molecular weight is 1300 g/mol. The number of hydrogen-bond acceptors (Lipinski definition) is 3. The summed E-state index contributed by atoms with van der Waals surface area (Å²) < 4.78 is 14.0. The summed E-state index contributed by atoms with van der Waals surface area (Å²) in [5, 5.41) is 0. The lowest BCUT2D eigenvalue weighted by Gasteiger charge is -2.21.